The van der Waals surface area contributed by atoms with Gasteiger partial charge in [-0.2, -0.15) is 0 Å². The van der Waals surface area contributed by atoms with Gasteiger partial charge in [-0.1, -0.05) is 35.5 Å². The third kappa shape index (κ3) is 2.79. The predicted molar refractivity (Wildman–Crippen MR) is 96.3 cm³/mol. The van der Waals surface area contributed by atoms with Gasteiger partial charge in [-0.05, 0) is 37.1 Å². The highest BCUT2D eigenvalue weighted by Crippen LogP contribution is 2.31. The second kappa shape index (κ2) is 6.41. The molecular weight excluding hydrogens is 331 g/mol. The Morgan fingerprint density at radius 2 is 1.88 bits per heavy atom. The average molecular weight is 350 g/mol. The lowest BCUT2D eigenvalue weighted by Crippen LogP contribution is -2.36. The van der Waals surface area contributed by atoms with E-state index >= 15 is 0 Å². The summed E-state index contributed by atoms with van der Waals surface area (Å²) < 4.78 is 19.0. The maximum atomic E-state index is 13.6. The first-order chi connectivity index (χ1) is 12.5. The van der Waals surface area contributed by atoms with E-state index in [1.54, 1.807) is 12.1 Å². The predicted octanol–water partition coefficient (Wildman–Crippen LogP) is 4.30. The number of halogens is 1. The van der Waals surface area contributed by atoms with E-state index in [2.05, 4.69) is 5.16 Å². The van der Waals surface area contributed by atoms with E-state index in [0.717, 1.165) is 28.0 Å². The summed E-state index contributed by atoms with van der Waals surface area (Å²) in [5, 5.41) is 4.13. The summed E-state index contributed by atoms with van der Waals surface area (Å²) in [4.78, 5) is 14.9. The molecule has 4 rings (SSSR count). The first-order valence-corrected chi connectivity index (χ1v) is 8.63. The van der Waals surface area contributed by atoms with E-state index in [-0.39, 0.29) is 11.7 Å². The molecule has 0 fully saturated rings. The van der Waals surface area contributed by atoms with Gasteiger partial charge in [0.25, 0.3) is 5.91 Å². The Kier molecular flexibility index (Phi) is 4.07. The second-order valence-corrected chi connectivity index (χ2v) is 6.69. The molecule has 26 heavy (non-hydrogen) atoms. The molecule has 3 aromatic rings. The lowest BCUT2D eigenvalue weighted by atomic mass is 9.98. The van der Waals surface area contributed by atoms with Gasteiger partial charge in [-0.3, -0.25) is 4.79 Å². The zero-order chi connectivity index (χ0) is 18.3. The van der Waals surface area contributed by atoms with Gasteiger partial charge in [0.15, 0.2) is 0 Å². The van der Waals surface area contributed by atoms with Crippen molar-refractivity contribution in [3.05, 3.63) is 76.3 Å². The van der Waals surface area contributed by atoms with Crippen LogP contribution in [0.2, 0.25) is 0 Å². The van der Waals surface area contributed by atoms with Gasteiger partial charge in [-0.15, -0.1) is 0 Å². The summed E-state index contributed by atoms with van der Waals surface area (Å²) >= 11 is 0. The highest BCUT2D eigenvalue weighted by atomic mass is 19.1. The molecule has 0 saturated heterocycles. The first kappa shape index (κ1) is 16.5. The Hall–Kier alpha value is -2.95. The highest BCUT2D eigenvalue weighted by Gasteiger charge is 2.29. The van der Waals surface area contributed by atoms with Crippen LogP contribution in [0.3, 0.4) is 0 Å². The fourth-order valence-electron chi connectivity index (χ4n) is 3.55. The highest BCUT2D eigenvalue weighted by molar-refractivity contribution is 5.97. The number of amides is 1. The van der Waals surface area contributed by atoms with Crippen LogP contribution in [0.15, 0.2) is 47.0 Å². The summed E-state index contributed by atoms with van der Waals surface area (Å²) in [5.74, 6) is 0.464. The monoisotopic (exact) mass is 350 g/mol. The number of carbonyl (C=O) groups is 1. The quantitative estimate of drug-likeness (QED) is 0.692. The van der Waals surface area contributed by atoms with Crippen LogP contribution in [-0.4, -0.2) is 22.5 Å². The van der Waals surface area contributed by atoms with Crippen molar-refractivity contribution in [2.45, 2.75) is 26.8 Å². The minimum atomic E-state index is -0.321. The molecule has 132 valence electrons. The molecule has 1 aromatic heterocycles. The van der Waals surface area contributed by atoms with E-state index in [1.807, 2.05) is 36.9 Å². The lowest BCUT2D eigenvalue weighted by molar-refractivity contribution is 0.0727. The normalized spacial score (nSPS) is 13.6. The first-order valence-electron chi connectivity index (χ1n) is 8.63. The van der Waals surface area contributed by atoms with Crippen molar-refractivity contribution >= 4 is 5.91 Å². The largest absolute Gasteiger partial charge is 0.360 e. The molecule has 0 unspecified atom stereocenters. The van der Waals surface area contributed by atoms with Crippen LogP contribution in [0.5, 0.6) is 0 Å². The Morgan fingerprint density at radius 1 is 1.15 bits per heavy atom. The fraction of sp³-hybridized carbons (Fsp3) is 0.238. The zero-order valence-corrected chi connectivity index (χ0v) is 14.8. The Balaban J connectivity index is 1.68. The molecule has 0 bridgehead atoms. The summed E-state index contributed by atoms with van der Waals surface area (Å²) in [6.07, 6.45) is 0.605. The Bertz CT molecular complexity index is 973. The number of aryl methyl sites for hydroxylation is 2. The van der Waals surface area contributed by atoms with E-state index in [0.29, 0.717) is 30.8 Å². The number of rotatable bonds is 2. The van der Waals surface area contributed by atoms with Gasteiger partial charge in [0.2, 0.25) is 0 Å². The Morgan fingerprint density at radius 3 is 2.62 bits per heavy atom. The maximum absolute atomic E-state index is 13.6. The molecule has 4 nitrogen and oxygen atoms in total. The fourth-order valence-corrected chi connectivity index (χ4v) is 3.55. The SMILES string of the molecule is Cc1cccc(C)c1C(=O)N1CCc2onc(-c3cccc(F)c3)c2C1. The Labute approximate surface area is 151 Å². The molecule has 0 radical (unpaired) electrons. The molecule has 0 aliphatic carbocycles. The number of fused-ring (bicyclic) bond motifs is 1. The molecule has 1 amide bonds. The van der Waals surface area contributed by atoms with Gasteiger partial charge >= 0.3 is 0 Å². The van der Waals surface area contributed by atoms with Crippen molar-refractivity contribution in [2.24, 2.45) is 0 Å². The van der Waals surface area contributed by atoms with Gasteiger partial charge in [-0.25, -0.2) is 4.39 Å². The minimum absolute atomic E-state index is 0.0117. The lowest BCUT2D eigenvalue weighted by Gasteiger charge is -2.27. The number of carbonyl (C=O) groups excluding carboxylic acids is 1. The van der Waals surface area contributed by atoms with Crippen molar-refractivity contribution in [1.29, 1.82) is 0 Å². The van der Waals surface area contributed by atoms with Crippen LogP contribution in [0.1, 0.15) is 32.8 Å². The molecular formula is C21H19FN2O2. The number of hydrogen-bond donors (Lipinski definition) is 0. The summed E-state index contributed by atoms with van der Waals surface area (Å²) in [7, 11) is 0. The van der Waals surface area contributed by atoms with Crippen molar-refractivity contribution in [2.75, 3.05) is 6.54 Å². The van der Waals surface area contributed by atoms with Crippen LogP contribution in [0.4, 0.5) is 4.39 Å². The second-order valence-electron chi connectivity index (χ2n) is 6.69. The van der Waals surface area contributed by atoms with E-state index < -0.39 is 0 Å². The molecule has 0 saturated carbocycles. The molecule has 2 heterocycles. The van der Waals surface area contributed by atoms with Gasteiger partial charge < -0.3 is 9.42 Å². The maximum Gasteiger partial charge on any atom is 0.254 e. The smallest absolute Gasteiger partial charge is 0.254 e. The number of hydrogen-bond acceptors (Lipinski definition) is 3. The molecule has 5 heteroatoms. The summed E-state index contributed by atoms with van der Waals surface area (Å²) in [5.41, 5.74) is 4.82. The van der Waals surface area contributed by atoms with Crippen LogP contribution in [0.25, 0.3) is 11.3 Å². The van der Waals surface area contributed by atoms with Gasteiger partial charge in [0, 0.05) is 29.7 Å². The van der Waals surface area contributed by atoms with Crippen molar-refractivity contribution < 1.29 is 13.7 Å². The third-order valence-corrected chi connectivity index (χ3v) is 4.91. The van der Waals surface area contributed by atoms with Crippen LogP contribution < -0.4 is 0 Å². The molecule has 0 atom stereocenters. The van der Waals surface area contributed by atoms with Crippen molar-refractivity contribution in [1.82, 2.24) is 10.1 Å². The zero-order valence-electron chi connectivity index (χ0n) is 14.8. The standard InChI is InChI=1S/C21H19FN2O2/c1-13-5-3-6-14(2)19(13)21(25)24-10-9-18-17(12-24)20(23-26-18)15-7-4-8-16(22)11-15/h3-8,11H,9-10,12H2,1-2H3. The van der Waals surface area contributed by atoms with Gasteiger partial charge in [0.05, 0.1) is 6.54 Å². The van der Waals surface area contributed by atoms with E-state index in [4.69, 9.17) is 4.52 Å². The van der Waals surface area contributed by atoms with Crippen molar-refractivity contribution in [3.8, 4) is 11.3 Å². The molecule has 0 N–H and O–H groups in total. The molecule has 1 aliphatic rings. The topological polar surface area (TPSA) is 46.3 Å². The molecule has 1 aliphatic heterocycles. The molecule has 2 aromatic carbocycles. The summed E-state index contributed by atoms with van der Waals surface area (Å²) in [6.45, 7) is 4.90. The summed E-state index contributed by atoms with van der Waals surface area (Å²) in [6, 6.07) is 12.1. The van der Waals surface area contributed by atoms with E-state index in [9.17, 15) is 9.18 Å². The van der Waals surface area contributed by atoms with Crippen molar-refractivity contribution in [3.63, 3.8) is 0 Å². The number of nitrogens with zero attached hydrogens (tertiary/aromatic N) is 2. The van der Waals surface area contributed by atoms with Gasteiger partial charge in [0.1, 0.15) is 17.3 Å². The number of aromatic nitrogens is 1. The average Bonchev–Trinajstić information content (AvgIpc) is 3.04. The third-order valence-electron chi connectivity index (χ3n) is 4.91. The molecule has 0 spiro atoms. The van der Waals surface area contributed by atoms with Crippen LogP contribution in [-0.2, 0) is 13.0 Å². The minimum Gasteiger partial charge on any atom is -0.360 e. The van der Waals surface area contributed by atoms with Crippen LogP contribution >= 0.6 is 0 Å². The van der Waals surface area contributed by atoms with E-state index in [1.165, 1.54) is 12.1 Å². The number of benzene rings is 2. The van der Waals surface area contributed by atoms with Crippen LogP contribution in [0, 0.1) is 19.7 Å².